The fourth-order valence-corrected chi connectivity index (χ4v) is 5.04. The number of hydrogen-bond donors (Lipinski definition) is 2. The second kappa shape index (κ2) is 9.00. The first-order valence-corrected chi connectivity index (χ1v) is 11.6. The maximum atomic E-state index is 14.1. The van der Waals surface area contributed by atoms with Crippen molar-refractivity contribution in [1.82, 2.24) is 9.97 Å². The first-order chi connectivity index (χ1) is 17.4. The Hall–Kier alpha value is -4.38. The van der Waals surface area contributed by atoms with E-state index >= 15 is 0 Å². The molecule has 9 nitrogen and oxygen atoms in total. The monoisotopic (exact) mass is 509 g/mol. The topological polar surface area (TPSA) is 114 Å². The molecule has 0 bridgehead atoms. The van der Waals surface area contributed by atoms with E-state index in [-0.39, 0.29) is 22.8 Å². The molecule has 1 aliphatic rings. The summed E-state index contributed by atoms with van der Waals surface area (Å²) in [4.78, 5) is 36.0. The summed E-state index contributed by atoms with van der Waals surface area (Å²) >= 11 is 1.29. The number of nitrogens with zero attached hydrogens (tertiary/aromatic N) is 2. The lowest BCUT2D eigenvalue weighted by Gasteiger charge is -2.21. The van der Waals surface area contributed by atoms with Gasteiger partial charge in [0.05, 0.1) is 43.5 Å². The molecule has 36 heavy (non-hydrogen) atoms. The molecule has 0 saturated carbocycles. The van der Waals surface area contributed by atoms with Crippen molar-refractivity contribution in [2.45, 2.75) is 6.04 Å². The number of benzene rings is 2. The third-order valence-electron chi connectivity index (χ3n) is 5.88. The molecule has 1 unspecified atom stereocenters. The van der Waals surface area contributed by atoms with Crippen molar-refractivity contribution in [3.05, 3.63) is 69.7 Å². The fourth-order valence-electron chi connectivity index (χ4n) is 4.21. The van der Waals surface area contributed by atoms with Gasteiger partial charge in [0.1, 0.15) is 23.4 Å². The number of Topliss-reactive ketones (excluding diaryl/α,β-unsaturated/α-hetero) is 1. The van der Waals surface area contributed by atoms with Crippen LogP contribution >= 0.6 is 11.3 Å². The van der Waals surface area contributed by atoms with Gasteiger partial charge in [-0.3, -0.25) is 14.5 Å². The van der Waals surface area contributed by atoms with Crippen LogP contribution in [0.1, 0.15) is 16.5 Å². The van der Waals surface area contributed by atoms with Gasteiger partial charge in [-0.1, -0.05) is 6.07 Å². The summed E-state index contributed by atoms with van der Waals surface area (Å²) < 4.78 is 30.0. The fraction of sp³-hybridized carbons (Fsp3) is 0.160. The number of nitrogens with one attached hydrogen (secondary N) is 1. The quantitative estimate of drug-likeness (QED) is 0.225. The van der Waals surface area contributed by atoms with E-state index in [1.165, 1.54) is 49.7 Å². The molecule has 1 fully saturated rings. The Morgan fingerprint density at radius 2 is 1.78 bits per heavy atom. The van der Waals surface area contributed by atoms with Crippen LogP contribution in [0.2, 0.25) is 0 Å². The lowest BCUT2D eigenvalue weighted by atomic mass is 9.99. The molecule has 1 aliphatic heterocycles. The molecule has 2 N–H and O–H groups in total. The average Bonchev–Trinajstić information content (AvgIpc) is 3.61. The number of methoxy groups -OCH3 is 3. The number of amides is 1. The standard InChI is InChI=1S/C25H20FN3O6S/c1-33-16-7-6-12(26)9-13(16)22(30)20-21(19-5-4-8-36-19)29(24(32)23(20)31)25-27-14-10-17(34-2)18(35-3)11-15(14)28-25/h4-11,21,30H,1-3H3,(H,27,28)/b22-20+. The first-order valence-electron chi connectivity index (χ1n) is 10.7. The highest BCUT2D eigenvalue weighted by Gasteiger charge is 2.49. The van der Waals surface area contributed by atoms with Gasteiger partial charge in [0.25, 0.3) is 5.78 Å². The molecule has 1 atom stereocenters. The number of fused-ring (bicyclic) bond motifs is 1. The van der Waals surface area contributed by atoms with Crippen LogP contribution in [0.5, 0.6) is 17.2 Å². The molecule has 2 aromatic carbocycles. The van der Waals surface area contributed by atoms with E-state index in [2.05, 4.69) is 9.97 Å². The summed E-state index contributed by atoms with van der Waals surface area (Å²) in [5.41, 5.74) is 0.765. The first kappa shape index (κ1) is 23.4. The predicted molar refractivity (Wildman–Crippen MR) is 131 cm³/mol. The van der Waals surface area contributed by atoms with Crippen molar-refractivity contribution in [3.8, 4) is 17.2 Å². The number of hydrogen-bond acceptors (Lipinski definition) is 8. The van der Waals surface area contributed by atoms with Crippen molar-refractivity contribution in [2.24, 2.45) is 0 Å². The molecule has 1 amide bonds. The van der Waals surface area contributed by atoms with E-state index in [1.807, 2.05) is 0 Å². The zero-order chi connectivity index (χ0) is 25.6. The molecule has 184 valence electrons. The molecule has 1 saturated heterocycles. The second-order valence-corrected chi connectivity index (χ2v) is 8.79. The zero-order valence-electron chi connectivity index (χ0n) is 19.4. The number of thiophene rings is 1. The summed E-state index contributed by atoms with van der Waals surface area (Å²) in [6.07, 6.45) is 0. The minimum Gasteiger partial charge on any atom is -0.507 e. The highest BCUT2D eigenvalue weighted by molar-refractivity contribution is 7.10. The minimum atomic E-state index is -1.01. The molecule has 3 heterocycles. The second-order valence-electron chi connectivity index (χ2n) is 7.81. The Morgan fingerprint density at radius 3 is 2.44 bits per heavy atom. The summed E-state index contributed by atoms with van der Waals surface area (Å²) in [7, 11) is 4.35. The van der Waals surface area contributed by atoms with Gasteiger partial charge in [-0.15, -0.1) is 11.3 Å². The highest BCUT2D eigenvalue weighted by Crippen LogP contribution is 2.44. The summed E-state index contributed by atoms with van der Waals surface area (Å²) in [5.74, 6) is -1.90. The van der Waals surface area contributed by atoms with Gasteiger partial charge >= 0.3 is 5.91 Å². The van der Waals surface area contributed by atoms with E-state index in [4.69, 9.17) is 14.2 Å². The summed E-state index contributed by atoms with van der Waals surface area (Å²) in [6, 6.07) is 9.34. The lowest BCUT2D eigenvalue weighted by Crippen LogP contribution is -2.30. The summed E-state index contributed by atoms with van der Waals surface area (Å²) in [5, 5.41) is 13.0. The number of anilines is 1. The Bertz CT molecular complexity index is 1490. The molecular formula is C25H20FN3O6S. The Kier molecular flexibility index (Phi) is 5.84. The number of ether oxygens (including phenoxy) is 3. The van der Waals surface area contributed by atoms with Gasteiger partial charge in [0, 0.05) is 17.0 Å². The van der Waals surface area contributed by atoms with Crippen LogP contribution in [-0.2, 0) is 9.59 Å². The third-order valence-corrected chi connectivity index (χ3v) is 6.80. The van der Waals surface area contributed by atoms with Gasteiger partial charge in [-0.25, -0.2) is 9.37 Å². The van der Waals surface area contributed by atoms with Crippen molar-refractivity contribution >= 4 is 45.8 Å². The van der Waals surface area contributed by atoms with E-state index in [0.29, 0.717) is 27.4 Å². The maximum absolute atomic E-state index is 14.1. The van der Waals surface area contributed by atoms with Crippen LogP contribution in [0.25, 0.3) is 16.8 Å². The molecule has 4 aromatic rings. The van der Waals surface area contributed by atoms with E-state index in [1.54, 1.807) is 29.6 Å². The van der Waals surface area contributed by atoms with Crippen LogP contribution in [0.3, 0.4) is 0 Å². The van der Waals surface area contributed by atoms with Gasteiger partial charge < -0.3 is 24.3 Å². The number of ketones is 1. The Labute approximate surface area is 208 Å². The van der Waals surface area contributed by atoms with Crippen LogP contribution in [0, 0.1) is 5.82 Å². The Balaban J connectivity index is 1.72. The number of aliphatic hydroxyl groups excluding tert-OH is 1. The number of halogens is 1. The number of carbonyl (C=O) groups excluding carboxylic acids is 2. The number of carbonyl (C=O) groups is 2. The van der Waals surface area contributed by atoms with E-state index in [9.17, 15) is 19.1 Å². The Morgan fingerprint density at radius 1 is 1.06 bits per heavy atom. The number of H-pyrrole nitrogens is 1. The van der Waals surface area contributed by atoms with Crippen LogP contribution in [0.4, 0.5) is 10.3 Å². The lowest BCUT2D eigenvalue weighted by molar-refractivity contribution is -0.132. The molecular weight excluding hydrogens is 489 g/mol. The normalized spacial score (nSPS) is 17.1. The highest BCUT2D eigenvalue weighted by atomic mass is 32.1. The molecule has 0 spiro atoms. The van der Waals surface area contributed by atoms with Crippen molar-refractivity contribution in [3.63, 3.8) is 0 Å². The predicted octanol–water partition coefficient (Wildman–Crippen LogP) is 4.42. The van der Waals surface area contributed by atoms with Gasteiger partial charge in [0.2, 0.25) is 5.95 Å². The van der Waals surface area contributed by atoms with Crippen LogP contribution < -0.4 is 19.1 Å². The van der Waals surface area contributed by atoms with E-state index in [0.717, 1.165) is 6.07 Å². The number of aliphatic hydroxyl groups is 1. The van der Waals surface area contributed by atoms with Crippen LogP contribution in [0.15, 0.2) is 53.4 Å². The smallest absolute Gasteiger partial charge is 0.302 e. The van der Waals surface area contributed by atoms with Crippen molar-refractivity contribution < 1.29 is 33.3 Å². The number of imidazole rings is 1. The van der Waals surface area contributed by atoms with Crippen molar-refractivity contribution in [1.29, 1.82) is 0 Å². The average molecular weight is 510 g/mol. The van der Waals surface area contributed by atoms with Crippen LogP contribution in [-0.4, -0.2) is 48.1 Å². The molecule has 0 radical (unpaired) electrons. The molecule has 11 heteroatoms. The van der Waals surface area contributed by atoms with E-state index < -0.39 is 29.3 Å². The summed E-state index contributed by atoms with van der Waals surface area (Å²) in [6.45, 7) is 0. The minimum absolute atomic E-state index is 0.0452. The number of rotatable bonds is 6. The molecule has 5 rings (SSSR count). The molecule has 0 aliphatic carbocycles. The number of aromatic nitrogens is 2. The maximum Gasteiger partial charge on any atom is 0.302 e. The SMILES string of the molecule is COc1cc2nc(N3C(=O)C(=O)/C(=C(/O)c4cc(F)ccc4OC)C3c3cccs3)[nH]c2cc1OC. The molecule has 2 aromatic heterocycles. The van der Waals surface area contributed by atoms with Crippen molar-refractivity contribution in [2.75, 3.05) is 26.2 Å². The van der Waals surface area contributed by atoms with Gasteiger partial charge in [-0.05, 0) is 29.6 Å². The van der Waals surface area contributed by atoms with Gasteiger partial charge in [-0.2, -0.15) is 0 Å². The third kappa shape index (κ3) is 3.64. The zero-order valence-corrected chi connectivity index (χ0v) is 20.2. The van der Waals surface area contributed by atoms with Gasteiger partial charge in [0.15, 0.2) is 11.5 Å². The largest absolute Gasteiger partial charge is 0.507 e. The number of aromatic amines is 1.